The van der Waals surface area contributed by atoms with Crippen LogP contribution in [0.3, 0.4) is 0 Å². The molecular formula is C24H22N2O4S. The average molecular weight is 435 g/mol. The minimum Gasteiger partial charge on any atom is -0.456 e. The van der Waals surface area contributed by atoms with E-state index in [0.29, 0.717) is 19.4 Å². The first-order valence-corrected chi connectivity index (χ1v) is 11.8. The molecule has 0 aliphatic carbocycles. The number of rotatable bonds is 6. The summed E-state index contributed by atoms with van der Waals surface area (Å²) in [6.45, 7) is 0.968. The fraction of sp³-hybridized carbons (Fsp3) is 0.208. The van der Waals surface area contributed by atoms with Crippen LogP contribution in [0.25, 0.3) is 21.9 Å². The predicted molar refractivity (Wildman–Crippen MR) is 121 cm³/mol. The van der Waals surface area contributed by atoms with Gasteiger partial charge in [0, 0.05) is 36.0 Å². The van der Waals surface area contributed by atoms with Crippen LogP contribution in [0, 0.1) is 0 Å². The highest BCUT2D eigenvalue weighted by atomic mass is 32.2. The number of nitrogens with one attached hydrogen (secondary N) is 1. The summed E-state index contributed by atoms with van der Waals surface area (Å²) in [6.07, 6.45) is 1.94. The number of nitrogens with zero attached hydrogens (tertiary/aromatic N) is 1. The van der Waals surface area contributed by atoms with E-state index in [9.17, 15) is 13.2 Å². The fourth-order valence-corrected chi connectivity index (χ4v) is 5.10. The van der Waals surface area contributed by atoms with E-state index in [2.05, 4.69) is 10.8 Å². The molecule has 1 aliphatic rings. The lowest BCUT2D eigenvalue weighted by atomic mass is 10.1. The van der Waals surface area contributed by atoms with Gasteiger partial charge in [0.2, 0.25) is 15.9 Å². The molecule has 0 saturated carbocycles. The van der Waals surface area contributed by atoms with Crippen LogP contribution >= 0.6 is 0 Å². The molecule has 3 aromatic carbocycles. The zero-order valence-corrected chi connectivity index (χ0v) is 17.7. The summed E-state index contributed by atoms with van der Waals surface area (Å²) in [7, 11) is -3.62. The lowest BCUT2D eigenvalue weighted by Crippen LogP contribution is -2.26. The van der Waals surface area contributed by atoms with Crippen molar-refractivity contribution in [3.63, 3.8) is 0 Å². The number of hydrogen-bond acceptors (Lipinski definition) is 4. The first-order chi connectivity index (χ1) is 15.0. The zero-order chi connectivity index (χ0) is 21.4. The second kappa shape index (κ2) is 7.83. The molecule has 0 radical (unpaired) electrons. The van der Waals surface area contributed by atoms with Gasteiger partial charge in [-0.2, -0.15) is 0 Å². The molecule has 2 heterocycles. The van der Waals surface area contributed by atoms with Crippen molar-refractivity contribution in [3.05, 3.63) is 72.3 Å². The molecular weight excluding hydrogens is 412 g/mol. The monoisotopic (exact) mass is 434 g/mol. The van der Waals surface area contributed by atoms with Crippen molar-refractivity contribution in [1.82, 2.24) is 4.72 Å². The largest absolute Gasteiger partial charge is 0.456 e. The summed E-state index contributed by atoms with van der Waals surface area (Å²) in [5.74, 6) is 0.0797. The smallest absolute Gasteiger partial charge is 0.240 e. The van der Waals surface area contributed by atoms with Crippen LogP contribution in [0.15, 0.2) is 76.0 Å². The van der Waals surface area contributed by atoms with Gasteiger partial charge in [-0.15, -0.1) is 0 Å². The molecule has 0 unspecified atom stereocenters. The third-order valence-electron chi connectivity index (χ3n) is 5.68. The normalized spacial score (nSPS) is 14.7. The van der Waals surface area contributed by atoms with Crippen molar-refractivity contribution in [2.75, 3.05) is 18.0 Å². The molecule has 0 spiro atoms. The fourth-order valence-electron chi connectivity index (χ4n) is 4.07. The zero-order valence-electron chi connectivity index (χ0n) is 16.9. The van der Waals surface area contributed by atoms with E-state index in [-0.39, 0.29) is 17.3 Å². The number of anilines is 1. The summed E-state index contributed by atoms with van der Waals surface area (Å²) in [5, 5.41) is 2.08. The quantitative estimate of drug-likeness (QED) is 0.492. The van der Waals surface area contributed by atoms with Crippen LogP contribution in [-0.4, -0.2) is 27.4 Å². The van der Waals surface area contributed by atoms with Crippen molar-refractivity contribution in [1.29, 1.82) is 0 Å². The van der Waals surface area contributed by atoms with Gasteiger partial charge in [0.25, 0.3) is 0 Å². The standard InChI is InChI=1S/C24H22N2O4S/c27-24-6-3-15-26(24)18-8-10-19(11-9-18)31(28,29)25-14-13-17-7-12-23-21(16-17)20-4-1-2-5-22(20)30-23/h1-2,4-5,7-12,16,25H,3,6,13-15H2. The van der Waals surface area contributed by atoms with Crippen molar-refractivity contribution in [2.45, 2.75) is 24.2 Å². The Balaban J connectivity index is 1.27. The van der Waals surface area contributed by atoms with Crippen molar-refractivity contribution in [2.24, 2.45) is 0 Å². The Kier molecular flexibility index (Phi) is 5.00. The molecule has 0 bridgehead atoms. The highest BCUT2D eigenvalue weighted by molar-refractivity contribution is 7.89. The van der Waals surface area contributed by atoms with Gasteiger partial charge < -0.3 is 9.32 Å². The van der Waals surface area contributed by atoms with Crippen molar-refractivity contribution in [3.8, 4) is 0 Å². The number of fused-ring (bicyclic) bond motifs is 3. The molecule has 0 atom stereocenters. The summed E-state index contributed by atoms with van der Waals surface area (Å²) in [5.41, 5.74) is 3.43. The second-order valence-electron chi connectivity index (χ2n) is 7.72. The van der Waals surface area contributed by atoms with Gasteiger partial charge in [0.1, 0.15) is 11.2 Å². The lowest BCUT2D eigenvalue weighted by Gasteiger charge is -2.16. The molecule has 1 aliphatic heterocycles. The minimum absolute atomic E-state index is 0.0797. The highest BCUT2D eigenvalue weighted by Gasteiger charge is 2.22. The van der Waals surface area contributed by atoms with Gasteiger partial charge in [-0.1, -0.05) is 24.3 Å². The number of amides is 1. The predicted octanol–water partition coefficient (Wildman–Crippen LogP) is 4.23. The Morgan fingerprint density at radius 3 is 2.48 bits per heavy atom. The maximum Gasteiger partial charge on any atom is 0.240 e. The third kappa shape index (κ3) is 3.82. The number of benzene rings is 3. The Morgan fingerprint density at radius 1 is 0.935 bits per heavy atom. The molecule has 158 valence electrons. The molecule has 1 fully saturated rings. The van der Waals surface area contributed by atoms with Crippen LogP contribution in [0.4, 0.5) is 5.69 Å². The van der Waals surface area contributed by atoms with Gasteiger partial charge in [0.05, 0.1) is 4.90 Å². The second-order valence-corrected chi connectivity index (χ2v) is 9.49. The molecule has 1 N–H and O–H groups in total. The molecule has 5 rings (SSSR count). The van der Waals surface area contributed by atoms with E-state index in [1.54, 1.807) is 29.2 Å². The van der Waals surface area contributed by atoms with E-state index >= 15 is 0 Å². The van der Waals surface area contributed by atoms with Gasteiger partial charge in [0.15, 0.2) is 0 Å². The van der Waals surface area contributed by atoms with E-state index in [0.717, 1.165) is 39.6 Å². The topological polar surface area (TPSA) is 79.6 Å². The maximum atomic E-state index is 12.7. The number of carbonyl (C=O) groups excluding carboxylic acids is 1. The molecule has 6 nitrogen and oxygen atoms in total. The molecule has 7 heteroatoms. The maximum absolute atomic E-state index is 12.7. The van der Waals surface area contributed by atoms with E-state index < -0.39 is 10.0 Å². The first kappa shape index (κ1) is 19.8. The Morgan fingerprint density at radius 2 is 1.71 bits per heavy atom. The van der Waals surface area contributed by atoms with Gasteiger partial charge in [-0.25, -0.2) is 13.1 Å². The Hall–Kier alpha value is -3.16. The summed E-state index contributed by atoms with van der Waals surface area (Å²) in [6, 6.07) is 20.3. The lowest BCUT2D eigenvalue weighted by molar-refractivity contribution is -0.117. The van der Waals surface area contributed by atoms with Gasteiger partial charge in [-0.05, 0) is 60.9 Å². The number of carbonyl (C=O) groups is 1. The van der Waals surface area contributed by atoms with E-state index in [1.165, 1.54) is 0 Å². The summed E-state index contributed by atoms with van der Waals surface area (Å²) in [4.78, 5) is 13.7. The summed E-state index contributed by atoms with van der Waals surface area (Å²) >= 11 is 0. The highest BCUT2D eigenvalue weighted by Crippen LogP contribution is 2.29. The SMILES string of the molecule is O=C1CCCN1c1ccc(S(=O)(=O)NCCc2ccc3oc4ccccc4c3c2)cc1. The van der Waals surface area contributed by atoms with Gasteiger partial charge >= 0.3 is 0 Å². The molecule has 4 aromatic rings. The first-order valence-electron chi connectivity index (χ1n) is 10.3. The molecule has 1 amide bonds. The minimum atomic E-state index is -3.62. The number of furan rings is 1. The average Bonchev–Trinajstić information content (AvgIpc) is 3.37. The van der Waals surface area contributed by atoms with Gasteiger partial charge in [-0.3, -0.25) is 4.79 Å². The van der Waals surface area contributed by atoms with E-state index in [1.807, 2.05) is 36.4 Å². The number of sulfonamides is 1. The van der Waals surface area contributed by atoms with Crippen LogP contribution < -0.4 is 9.62 Å². The number of para-hydroxylation sites is 1. The molecule has 1 saturated heterocycles. The van der Waals surface area contributed by atoms with Crippen LogP contribution in [0.2, 0.25) is 0 Å². The number of hydrogen-bond donors (Lipinski definition) is 1. The Bertz CT molecular complexity index is 1370. The summed E-state index contributed by atoms with van der Waals surface area (Å²) < 4.78 is 33.8. The van der Waals surface area contributed by atoms with E-state index in [4.69, 9.17) is 4.42 Å². The molecule has 1 aromatic heterocycles. The Labute approximate surface area is 180 Å². The molecule has 31 heavy (non-hydrogen) atoms. The van der Waals surface area contributed by atoms with Crippen LogP contribution in [0.1, 0.15) is 18.4 Å². The third-order valence-corrected chi connectivity index (χ3v) is 7.16. The van der Waals surface area contributed by atoms with Crippen molar-refractivity contribution >= 4 is 43.6 Å². The van der Waals surface area contributed by atoms with Crippen LogP contribution in [-0.2, 0) is 21.2 Å². The van der Waals surface area contributed by atoms with Crippen molar-refractivity contribution < 1.29 is 17.6 Å². The van der Waals surface area contributed by atoms with Crippen LogP contribution in [0.5, 0.6) is 0 Å².